The van der Waals surface area contributed by atoms with E-state index in [-0.39, 0.29) is 35.8 Å². The zero-order valence-corrected chi connectivity index (χ0v) is 14.1. The van der Waals surface area contributed by atoms with Gasteiger partial charge in [-0.15, -0.1) is 0 Å². The summed E-state index contributed by atoms with van der Waals surface area (Å²) < 4.78 is 13.3. The Hall–Kier alpha value is -2.60. The topological polar surface area (TPSA) is 60.8 Å². The van der Waals surface area contributed by atoms with Crippen molar-refractivity contribution in [1.82, 2.24) is 9.47 Å². The number of amides is 1. The molecule has 0 spiro atoms. The van der Waals surface area contributed by atoms with E-state index in [1.807, 2.05) is 41.8 Å². The Morgan fingerprint density at radius 3 is 2.64 bits per heavy atom. The van der Waals surface area contributed by atoms with Crippen molar-refractivity contribution in [2.75, 3.05) is 19.8 Å². The Bertz CT molecular complexity index is 846. The van der Waals surface area contributed by atoms with Gasteiger partial charge >= 0.3 is 0 Å². The first-order valence-corrected chi connectivity index (χ1v) is 8.51. The summed E-state index contributed by atoms with van der Waals surface area (Å²) in [6.07, 6.45) is 1.68. The number of carbonyl (C=O) groups is 1. The van der Waals surface area contributed by atoms with E-state index in [0.717, 1.165) is 5.56 Å². The smallest absolute Gasteiger partial charge is 0.274 e. The molecule has 1 saturated heterocycles. The van der Waals surface area contributed by atoms with E-state index in [0.29, 0.717) is 25.5 Å². The van der Waals surface area contributed by atoms with Crippen molar-refractivity contribution in [2.45, 2.75) is 25.6 Å². The molecular weight excluding hydrogens is 320 g/mol. The zero-order chi connectivity index (χ0) is 17.4. The van der Waals surface area contributed by atoms with Crippen LogP contribution in [0, 0.1) is 0 Å². The van der Waals surface area contributed by atoms with E-state index in [1.54, 1.807) is 11.1 Å². The molecule has 2 aliphatic heterocycles. The summed E-state index contributed by atoms with van der Waals surface area (Å²) >= 11 is 0. The minimum Gasteiger partial charge on any atom is -0.483 e. The molecule has 0 bridgehead atoms. The normalized spacial score (nSPS) is 21.8. The highest BCUT2D eigenvalue weighted by Crippen LogP contribution is 2.34. The molecule has 130 valence electrons. The number of hydrogen-bond donors (Lipinski definition) is 0. The maximum absolute atomic E-state index is 13.0. The fraction of sp³-hybridized carbons (Fsp3) is 0.368. The van der Waals surface area contributed by atoms with Crippen molar-refractivity contribution < 1.29 is 14.3 Å². The van der Waals surface area contributed by atoms with Crippen LogP contribution in [0.25, 0.3) is 0 Å². The number of rotatable bonds is 4. The molecule has 0 unspecified atom stereocenters. The van der Waals surface area contributed by atoms with Crippen molar-refractivity contribution in [2.24, 2.45) is 0 Å². The number of pyridine rings is 1. The number of hydrogen-bond acceptors (Lipinski definition) is 4. The van der Waals surface area contributed by atoms with E-state index >= 15 is 0 Å². The average Bonchev–Trinajstić information content (AvgIpc) is 3.11. The lowest BCUT2D eigenvalue weighted by Gasteiger charge is -2.38. The molecule has 4 rings (SSSR count). The van der Waals surface area contributed by atoms with Crippen LogP contribution in [0.3, 0.4) is 0 Å². The van der Waals surface area contributed by atoms with Crippen molar-refractivity contribution in [3.8, 4) is 5.75 Å². The zero-order valence-electron chi connectivity index (χ0n) is 14.1. The number of fused-ring (bicyclic) bond motifs is 3. The van der Waals surface area contributed by atoms with Crippen LogP contribution in [0.15, 0.2) is 47.4 Å². The highest BCUT2D eigenvalue weighted by molar-refractivity contribution is 5.96. The fourth-order valence-electron chi connectivity index (χ4n) is 3.65. The van der Waals surface area contributed by atoms with Crippen molar-refractivity contribution in [3.63, 3.8) is 0 Å². The summed E-state index contributed by atoms with van der Waals surface area (Å²) in [7, 11) is 0. The van der Waals surface area contributed by atoms with Gasteiger partial charge in [-0.3, -0.25) is 9.59 Å². The number of ether oxygens (including phenoxy) is 2. The first kappa shape index (κ1) is 15.9. The van der Waals surface area contributed by atoms with E-state index < -0.39 is 0 Å². The second-order valence-electron chi connectivity index (χ2n) is 6.30. The Balaban J connectivity index is 1.75. The summed E-state index contributed by atoms with van der Waals surface area (Å²) in [4.78, 5) is 27.2. The summed E-state index contributed by atoms with van der Waals surface area (Å²) in [6, 6.07) is 11.1. The largest absolute Gasteiger partial charge is 0.483 e. The van der Waals surface area contributed by atoms with E-state index in [9.17, 15) is 9.59 Å². The summed E-state index contributed by atoms with van der Waals surface area (Å²) in [5, 5.41) is 0. The van der Waals surface area contributed by atoms with Crippen LogP contribution in [0.5, 0.6) is 5.75 Å². The second kappa shape index (κ2) is 6.37. The molecule has 1 amide bonds. The molecule has 25 heavy (non-hydrogen) atoms. The highest BCUT2D eigenvalue weighted by atomic mass is 16.5. The van der Waals surface area contributed by atoms with Gasteiger partial charge in [-0.25, -0.2) is 0 Å². The van der Waals surface area contributed by atoms with Crippen LogP contribution in [0.2, 0.25) is 0 Å². The molecule has 2 aromatic rings. The number of likely N-dealkylation sites (N-methyl/N-ethyl adjacent to an activating group) is 1. The first-order valence-electron chi connectivity index (χ1n) is 8.51. The van der Waals surface area contributed by atoms with Gasteiger partial charge in [-0.05, 0) is 12.5 Å². The molecule has 2 aliphatic rings. The van der Waals surface area contributed by atoms with Gasteiger partial charge in [0.25, 0.3) is 5.91 Å². The molecular formula is C19H20N2O4. The van der Waals surface area contributed by atoms with Crippen LogP contribution in [-0.4, -0.2) is 41.2 Å². The highest BCUT2D eigenvalue weighted by Gasteiger charge is 2.43. The van der Waals surface area contributed by atoms with Gasteiger partial charge in [-0.1, -0.05) is 30.3 Å². The SMILES string of the molecule is CCN1C(=O)c2c(OCc3ccccc3)c(=O)ccn2[C@@H]2COC[C@@H]21. The second-order valence-corrected chi connectivity index (χ2v) is 6.30. The van der Waals surface area contributed by atoms with Gasteiger partial charge in [0.15, 0.2) is 11.4 Å². The standard InChI is InChI=1S/C19H20N2O4/c1-2-20-14-11-24-12-15(14)21-9-8-16(22)18(17(21)19(20)23)25-10-13-6-4-3-5-7-13/h3-9,14-15H,2,10-12H2,1H3/t14-,15+/m0/s1. The van der Waals surface area contributed by atoms with Crippen LogP contribution in [0.1, 0.15) is 29.0 Å². The van der Waals surface area contributed by atoms with Gasteiger partial charge in [0.2, 0.25) is 5.43 Å². The van der Waals surface area contributed by atoms with Gasteiger partial charge in [0.05, 0.1) is 25.3 Å². The number of aromatic nitrogens is 1. The maximum atomic E-state index is 13.0. The van der Waals surface area contributed by atoms with Gasteiger partial charge < -0.3 is 18.9 Å². The van der Waals surface area contributed by atoms with E-state index in [4.69, 9.17) is 9.47 Å². The lowest BCUT2D eigenvalue weighted by atomic mass is 10.0. The van der Waals surface area contributed by atoms with Crippen molar-refractivity contribution in [3.05, 3.63) is 64.1 Å². The van der Waals surface area contributed by atoms with Gasteiger partial charge in [-0.2, -0.15) is 0 Å². The van der Waals surface area contributed by atoms with Crippen LogP contribution < -0.4 is 10.2 Å². The lowest BCUT2D eigenvalue weighted by Crippen LogP contribution is -2.51. The molecule has 1 aromatic heterocycles. The Morgan fingerprint density at radius 2 is 1.88 bits per heavy atom. The third-order valence-electron chi connectivity index (χ3n) is 4.89. The van der Waals surface area contributed by atoms with Gasteiger partial charge in [0, 0.05) is 18.8 Å². The molecule has 6 nitrogen and oxygen atoms in total. The van der Waals surface area contributed by atoms with Crippen molar-refractivity contribution in [1.29, 1.82) is 0 Å². The molecule has 1 aromatic carbocycles. The summed E-state index contributed by atoms with van der Waals surface area (Å²) in [5.74, 6) is -0.0461. The molecule has 0 radical (unpaired) electrons. The molecule has 6 heteroatoms. The lowest BCUT2D eigenvalue weighted by molar-refractivity contribution is 0.0568. The predicted octanol–water partition coefficient (Wildman–Crippen LogP) is 1.84. The van der Waals surface area contributed by atoms with E-state index in [2.05, 4.69) is 0 Å². The maximum Gasteiger partial charge on any atom is 0.274 e. The Kier molecular flexibility index (Phi) is 4.05. The third kappa shape index (κ3) is 2.62. The van der Waals surface area contributed by atoms with Crippen LogP contribution >= 0.6 is 0 Å². The molecule has 1 fully saturated rings. The minimum atomic E-state index is -0.274. The van der Waals surface area contributed by atoms with E-state index in [1.165, 1.54) is 6.07 Å². The monoisotopic (exact) mass is 340 g/mol. The third-order valence-corrected chi connectivity index (χ3v) is 4.89. The summed E-state index contributed by atoms with van der Waals surface area (Å²) in [6.45, 7) is 3.81. The van der Waals surface area contributed by atoms with Crippen LogP contribution in [-0.2, 0) is 11.3 Å². The predicted molar refractivity (Wildman–Crippen MR) is 91.8 cm³/mol. The molecule has 3 heterocycles. The molecule has 0 N–H and O–H groups in total. The number of nitrogens with zero attached hydrogens (tertiary/aromatic N) is 2. The summed E-state index contributed by atoms with van der Waals surface area (Å²) in [5.41, 5.74) is 1.00. The average molecular weight is 340 g/mol. The Labute approximate surface area is 145 Å². The first-order chi connectivity index (χ1) is 12.2. The number of carbonyl (C=O) groups excluding carboxylic acids is 1. The fourth-order valence-corrected chi connectivity index (χ4v) is 3.65. The van der Waals surface area contributed by atoms with Crippen molar-refractivity contribution >= 4 is 5.91 Å². The molecule has 0 aliphatic carbocycles. The molecule has 2 atom stereocenters. The number of benzene rings is 1. The quantitative estimate of drug-likeness (QED) is 0.852. The Morgan fingerprint density at radius 1 is 1.12 bits per heavy atom. The van der Waals surface area contributed by atoms with Crippen LogP contribution in [0.4, 0.5) is 0 Å². The molecule has 0 saturated carbocycles. The minimum absolute atomic E-state index is 0.00877. The van der Waals surface area contributed by atoms with Gasteiger partial charge in [0.1, 0.15) is 6.61 Å².